The first-order chi connectivity index (χ1) is 5.78. The van der Waals surface area contributed by atoms with Crippen molar-refractivity contribution in [3.8, 4) is 0 Å². The topological polar surface area (TPSA) is 164 Å². The van der Waals surface area contributed by atoms with Gasteiger partial charge in [0.25, 0.3) is 0 Å². The average Bonchev–Trinajstić information content (AvgIpc) is 1.82. The van der Waals surface area contributed by atoms with Gasteiger partial charge in [-0.1, -0.05) is 0 Å². The first-order valence-electron chi connectivity index (χ1n) is 3.17. The third kappa shape index (κ3) is 8.66. The van der Waals surface area contributed by atoms with Gasteiger partial charge in [-0.25, -0.2) is 4.79 Å². The molecule has 0 aromatic heterocycles. The monoisotopic (exact) mass is 336 g/mol. The van der Waals surface area contributed by atoms with Crippen molar-refractivity contribution in [3.63, 3.8) is 0 Å². The second-order valence-corrected chi connectivity index (χ2v) is 2.48. The summed E-state index contributed by atoms with van der Waals surface area (Å²) in [6.07, 6.45) is -2.29. The van der Waals surface area contributed by atoms with Crippen LogP contribution in [0.1, 0.15) is 12.8 Å². The summed E-state index contributed by atoms with van der Waals surface area (Å²) in [7, 11) is 0. The van der Waals surface area contributed by atoms with Crippen molar-refractivity contribution in [1.82, 2.24) is 0 Å². The van der Waals surface area contributed by atoms with Gasteiger partial charge >= 0.3 is 17.9 Å². The number of rotatable bonds is 5. The maximum Gasteiger partial charge on any atom is 0.336 e. The van der Waals surface area contributed by atoms with E-state index in [2.05, 4.69) is 0 Å². The minimum atomic E-state index is -2.74. The molecular weight excluding hydrogens is 327 g/mol. The van der Waals surface area contributed by atoms with Crippen molar-refractivity contribution in [3.05, 3.63) is 0 Å². The smallest absolute Gasteiger partial charge is 0.336 e. The van der Waals surface area contributed by atoms with Gasteiger partial charge < -0.3 is 25.9 Å². The number of carboxylic acids is 3. The van der Waals surface area contributed by atoms with E-state index in [-0.39, 0.29) is 39.6 Å². The second kappa shape index (κ2) is 9.58. The molecule has 6 N–H and O–H groups in total. The predicted octanol–water partition coefficient (Wildman–Crippen LogP) is -2.08. The van der Waals surface area contributed by atoms with Crippen LogP contribution >= 0.6 is 0 Å². The van der Waals surface area contributed by atoms with Crippen molar-refractivity contribution < 1.29 is 74.4 Å². The minimum absolute atomic E-state index is 0. The van der Waals surface area contributed by atoms with Crippen molar-refractivity contribution in [2.75, 3.05) is 0 Å². The molecule has 0 atom stereocenters. The standard InChI is InChI=1S/C6H8O7.2Cu.H2O/c7-3(8)1-6(13,5(11)12)2-4(9)10;;;/h13H,1-2H2,(H,7,8)(H,9,10)(H,11,12);;;1H2. The number of carboxylic acid groups (broad SMARTS) is 3. The molecule has 16 heavy (non-hydrogen) atoms. The Morgan fingerprint density at radius 1 is 0.875 bits per heavy atom. The van der Waals surface area contributed by atoms with E-state index in [0.717, 1.165) is 0 Å². The molecule has 0 aliphatic heterocycles. The third-order valence-electron chi connectivity index (χ3n) is 1.29. The Hall–Kier alpha value is -0.631. The van der Waals surface area contributed by atoms with E-state index in [0.29, 0.717) is 0 Å². The van der Waals surface area contributed by atoms with Gasteiger partial charge in [0, 0.05) is 34.1 Å². The summed E-state index contributed by atoms with van der Waals surface area (Å²) in [5, 5.41) is 33.8. The van der Waals surface area contributed by atoms with Crippen molar-refractivity contribution >= 4 is 17.9 Å². The average molecular weight is 337 g/mol. The first kappa shape index (κ1) is 24.6. The van der Waals surface area contributed by atoms with Crippen LogP contribution in [-0.4, -0.2) is 49.4 Å². The molecule has 0 aromatic rings. The fourth-order valence-electron chi connectivity index (χ4n) is 0.714. The van der Waals surface area contributed by atoms with Crippen LogP contribution in [-0.2, 0) is 48.5 Å². The number of aliphatic carboxylic acids is 3. The maximum absolute atomic E-state index is 10.3. The molecule has 0 spiro atoms. The van der Waals surface area contributed by atoms with Crippen LogP contribution in [0.4, 0.5) is 0 Å². The van der Waals surface area contributed by atoms with Crippen LogP contribution in [0.3, 0.4) is 0 Å². The molecule has 0 aliphatic rings. The first-order valence-corrected chi connectivity index (χ1v) is 3.17. The predicted molar refractivity (Wildman–Crippen MR) is 40.7 cm³/mol. The van der Waals surface area contributed by atoms with Crippen LogP contribution in [0, 0.1) is 0 Å². The molecule has 0 fully saturated rings. The van der Waals surface area contributed by atoms with E-state index in [1.165, 1.54) is 0 Å². The van der Waals surface area contributed by atoms with Crippen LogP contribution in [0.15, 0.2) is 0 Å². The van der Waals surface area contributed by atoms with Crippen LogP contribution in [0.2, 0.25) is 0 Å². The molecule has 0 saturated carbocycles. The summed E-state index contributed by atoms with van der Waals surface area (Å²) in [6, 6.07) is 0. The van der Waals surface area contributed by atoms with Gasteiger partial charge in [0.15, 0.2) is 5.60 Å². The van der Waals surface area contributed by atoms with Gasteiger partial charge in [0.05, 0.1) is 12.8 Å². The Kier molecular flexibility index (Phi) is 14.7. The molecule has 0 heterocycles. The Balaban J connectivity index is -0.000000240. The van der Waals surface area contributed by atoms with Crippen molar-refractivity contribution in [2.24, 2.45) is 0 Å². The molecule has 104 valence electrons. The van der Waals surface area contributed by atoms with Crippen LogP contribution < -0.4 is 0 Å². The Bertz CT molecular complexity index is 237. The quantitative estimate of drug-likeness (QED) is 0.418. The van der Waals surface area contributed by atoms with E-state index in [4.69, 9.17) is 20.4 Å². The second-order valence-electron chi connectivity index (χ2n) is 2.48. The van der Waals surface area contributed by atoms with E-state index in [9.17, 15) is 14.4 Å². The summed E-state index contributed by atoms with van der Waals surface area (Å²) in [6.45, 7) is 0. The summed E-state index contributed by atoms with van der Waals surface area (Å²) in [5.41, 5.74) is -2.74. The molecule has 0 rings (SSSR count). The zero-order chi connectivity index (χ0) is 10.6. The van der Waals surface area contributed by atoms with E-state index < -0.39 is 36.4 Å². The normalized spacial score (nSPS) is 8.81. The summed E-state index contributed by atoms with van der Waals surface area (Å²) in [4.78, 5) is 30.5. The van der Waals surface area contributed by atoms with Gasteiger partial charge in [0.1, 0.15) is 0 Å². The van der Waals surface area contributed by atoms with Crippen molar-refractivity contribution in [2.45, 2.75) is 18.4 Å². The van der Waals surface area contributed by atoms with Crippen molar-refractivity contribution in [1.29, 1.82) is 0 Å². The van der Waals surface area contributed by atoms with Crippen LogP contribution in [0.5, 0.6) is 0 Å². The van der Waals surface area contributed by atoms with Gasteiger partial charge in [-0.05, 0) is 0 Å². The van der Waals surface area contributed by atoms with Crippen LogP contribution in [0.25, 0.3) is 0 Å². The molecule has 0 amide bonds. The molecule has 0 aliphatic carbocycles. The summed E-state index contributed by atoms with van der Waals surface area (Å²) < 4.78 is 0. The molecule has 10 heteroatoms. The largest absolute Gasteiger partial charge is 0.481 e. The SMILES string of the molecule is O.O=C(O)CC(O)(CC(=O)O)C(=O)O.[Cu].[Cu]. The van der Waals surface area contributed by atoms with E-state index >= 15 is 0 Å². The Morgan fingerprint density at radius 2 is 1.12 bits per heavy atom. The molecule has 0 bridgehead atoms. The Labute approximate surface area is 111 Å². The summed E-state index contributed by atoms with van der Waals surface area (Å²) in [5.74, 6) is -5.02. The zero-order valence-electron chi connectivity index (χ0n) is 7.53. The fraction of sp³-hybridized carbons (Fsp3) is 0.500. The molecule has 2 radical (unpaired) electrons. The Morgan fingerprint density at radius 3 is 1.25 bits per heavy atom. The molecule has 0 aromatic carbocycles. The molecule has 0 saturated heterocycles. The fourth-order valence-corrected chi connectivity index (χ4v) is 0.714. The number of hydrogen-bond donors (Lipinski definition) is 4. The zero-order valence-corrected chi connectivity index (χ0v) is 9.41. The number of hydrogen-bond acceptors (Lipinski definition) is 4. The van der Waals surface area contributed by atoms with E-state index in [1.54, 1.807) is 0 Å². The van der Waals surface area contributed by atoms with Gasteiger partial charge in [-0.2, -0.15) is 0 Å². The molecule has 0 unspecified atom stereocenters. The number of carbonyl (C=O) groups is 3. The maximum atomic E-state index is 10.3. The minimum Gasteiger partial charge on any atom is -0.481 e. The number of aliphatic hydroxyl groups is 1. The third-order valence-corrected chi connectivity index (χ3v) is 1.29. The van der Waals surface area contributed by atoms with Gasteiger partial charge in [-0.3, -0.25) is 9.59 Å². The molecular formula is C6H10Cu2O8. The van der Waals surface area contributed by atoms with E-state index in [1.807, 2.05) is 0 Å². The van der Waals surface area contributed by atoms with Gasteiger partial charge in [0.2, 0.25) is 0 Å². The molecule has 8 nitrogen and oxygen atoms in total. The van der Waals surface area contributed by atoms with Gasteiger partial charge in [-0.15, -0.1) is 0 Å². The summed E-state index contributed by atoms with van der Waals surface area (Å²) >= 11 is 0.